The van der Waals surface area contributed by atoms with Gasteiger partial charge in [0.2, 0.25) is 0 Å². The monoisotopic (exact) mass is 319 g/mol. The fourth-order valence-electron chi connectivity index (χ4n) is 2.54. The van der Waals surface area contributed by atoms with E-state index in [1.54, 1.807) is 11.3 Å². The van der Waals surface area contributed by atoms with Gasteiger partial charge >= 0.3 is 6.09 Å². The number of carbonyl (C=O) groups excluding carboxylic acids is 1. The van der Waals surface area contributed by atoms with E-state index in [-0.39, 0.29) is 12.0 Å². The zero-order valence-electron chi connectivity index (χ0n) is 11.8. The lowest BCUT2D eigenvalue weighted by molar-refractivity contribution is 0.152. The van der Waals surface area contributed by atoms with Crippen molar-refractivity contribution < 1.29 is 9.53 Å². The third-order valence-electron chi connectivity index (χ3n) is 3.50. The van der Waals surface area contributed by atoms with Gasteiger partial charge in [-0.25, -0.2) is 4.79 Å². The lowest BCUT2D eigenvalue weighted by Crippen LogP contribution is -2.29. The molecule has 1 aliphatic heterocycles. The molecule has 1 aromatic carbocycles. The molecule has 110 valence electrons. The van der Waals surface area contributed by atoms with Gasteiger partial charge in [0.05, 0.1) is 6.61 Å². The molecular weight excluding hydrogens is 302 g/mol. The molecule has 1 amide bonds. The van der Waals surface area contributed by atoms with Crippen LogP contribution in [0.2, 0.25) is 0 Å². The minimum absolute atomic E-state index is 0.204. The summed E-state index contributed by atoms with van der Waals surface area (Å²) >= 11 is 3.64. The molecule has 0 saturated carbocycles. The average molecular weight is 319 g/mol. The fraction of sp³-hybridized carbons (Fsp3) is 0.312. The Bertz CT molecular complexity index is 639. The van der Waals surface area contributed by atoms with E-state index in [1.165, 1.54) is 20.9 Å². The SMILES string of the molecule is CCOC(=O)NCC1c2ccccc2SCc2ccsc21. The van der Waals surface area contributed by atoms with Crippen molar-refractivity contribution in [2.45, 2.75) is 23.5 Å². The van der Waals surface area contributed by atoms with Crippen molar-refractivity contribution in [3.8, 4) is 0 Å². The number of hydrogen-bond donors (Lipinski definition) is 1. The first-order valence-corrected chi connectivity index (χ1v) is 8.84. The second kappa shape index (κ2) is 6.54. The van der Waals surface area contributed by atoms with Gasteiger partial charge in [0.1, 0.15) is 0 Å². The predicted molar refractivity (Wildman–Crippen MR) is 87.2 cm³/mol. The molecule has 0 aliphatic carbocycles. The van der Waals surface area contributed by atoms with E-state index in [0.29, 0.717) is 13.2 Å². The van der Waals surface area contributed by atoms with Gasteiger partial charge < -0.3 is 10.1 Å². The average Bonchev–Trinajstić information content (AvgIpc) is 2.90. The Kier molecular flexibility index (Phi) is 4.51. The van der Waals surface area contributed by atoms with Crippen molar-refractivity contribution in [1.29, 1.82) is 0 Å². The van der Waals surface area contributed by atoms with E-state index in [1.807, 2.05) is 18.7 Å². The molecule has 0 saturated heterocycles. The molecule has 2 aromatic rings. The number of rotatable bonds is 3. The van der Waals surface area contributed by atoms with Crippen LogP contribution in [0, 0.1) is 0 Å². The van der Waals surface area contributed by atoms with Crippen LogP contribution in [-0.2, 0) is 10.5 Å². The van der Waals surface area contributed by atoms with Crippen molar-refractivity contribution in [3.05, 3.63) is 51.7 Å². The van der Waals surface area contributed by atoms with Gasteiger partial charge in [-0.3, -0.25) is 0 Å². The molecule has 1 unspecified atom stereocenters. The second-order valence-electron chi connectivity index (χ2n) is 4.79. The van der Waals surface area contributed by atoms with E-state index in [2.05, 4.69) is 41.0 Å². The van der Waals surface area contributed by atoms with Crippen LogP contribution in [-0.4, -0.2) is 19.2 Å². The van der Waals surface area contributed by atoms with Crippen LogP contribution in [0.15, 0.2) is 40.6 Å². The Morgan fingerprint density at radius 1 is 1.38 bits per heavy atom. The number of thioether (sulfide) groups is 1. The van der Waals surface area contributed by atoms with Crippen LogP contribution in [0.1, 0.15) is 28.8 Å². The van der Waals surface area contributed by atoms with Crippen LogP contribution in [0.4, 0.5) is 4.79 Å². The van der Waals surface area contributed by atoms with Crippen molar-refractivity contribution in [2.75, 3.05) is 13.2 Å². The van der Waals surface area contributed by atoms with E-state index < -0.39 is 0 Å². The Balaban J connectivity index is 1.89. The van der Waals surface area contributed by atoms with Crippen LogP contribution >= 0.6 is 23.1 Å². The quantitative estimate of drug-likeness (QED) is 0.920. The van der Waals surface area contributed by atoms with Gasteiger partial charge in [-0.15, -0.1) is 23.1 Å². The maximum absolute atomic E-state index is 11.6. The first kappa shape index (κ1) is 14.5. The summed E-state index contributed by atoms with van der Waals surface area (Å²) in [4.78, 5) is 14.3. The Labute approximate surface area is 132 Å². The molecule has 1 aromatic heterocycles. The summed E-state index contributed by atoms with van der Waals surface area (Å²) in [5.41, 5.74) is 2.66. The molecule has 1 N–H and O–H groups in total. The number of thiophene rings is 1. The third-order valence-corrected chi connectivity index (χ3v) is 5.71. The summed E-state index contributed by atoms with van der Waals surface area (Å²) in [6.07, 6.45) is -0.343. The molecule has 1 aliphatic rings. The highest BCUT2D eigenvalue weighted by Gasteiger charge is 2.25. The molecule has 21 heavy (non-hydrogen) atoms. The van der Waals surface area contributed by atoms with Gasteiger partial charge in [-0.2, -0.15) is 0 Å². The van der Waals surface area contributed by atoms with Gasteiger partial charge in [-0.1, -0.05) is 18.2 Å². The second-order valence-corrected chi connectivity index (χ2v) is 6.76. The summed E-state index contributed by atoms with van der Waals surface area (Å²) in [5.74, 6) is 1.20. The van der Waals surface area contributed by atoms with Gasteiger partial charge in [0.25, 0.3) is 0 Å². The minimum atomic E-state index is -0.343. The van der Waals surface area contributed by atoms with Crippen LogP contribution < -0.4 is 5.32 Å². The first-order chi connectivity index (χ1) is 10.3. The standard InChI is InChI=1S/C16H17NO2S2/c1-2-19-16(18)17-9-13-12-5-3-4-6-14(12)21-10-11-7-8-20-15(11)13/h3-8,13H,2,9-10H2,1H3,(H,17,18). The number of nitrogens with one attached hydrogen (secondary N) is 1. The summed E-state index contributed by atoms with van der Waals surface area (Å²) in [5, 5.41) is 5.02. The van der Waals surface area contributed by atoms with Gasteiger partial charge in [0.15, 0.2) is 0 Å². The Hall–Kier alpha value is -1.46. The molecule has 5 heteroatoms. The number of alkyl carbamates (subject to hydrolysis) is 1. The minimum Gasteiger partial charge on any atom is -0.450 e. The van der Waals surface area contributed by atoms with Crippen molar-refractivity contribution in [3.63, 3.8) is 0 Å². The third kappa shape index (κ3) is 3.09. The number of amides is 1. The zero-order chi connectivity index (χ0) is 14.7. The van der Waals surface area contributed by atoms with Crippen molar-refractivity contribution in [2.24, 2.45) is 0 Å². The number of ether oxygens (including phenoxy) is 1. The lowest BCUT2D eigenvalue weighted by atomic mass is 9.95. The Morgan fingerprint density at radius 2 is 2.24 bits per heavy atom. The topological polar surface area (TPSA) is 38.3 Å². The predicted octanol–water partition coefficient (Wildman–Crippen LogP) is 4.23. The van der Waals surface area contributed by atoms with Gasteiger partial charge in [0, 0.05) is 28.0 Å². The smallest absolute Gasteiger partial charge is 0.407 e. The molecule has 2 heterocycles. The highest BCUT2D eigenvalue weighted by atomic mass is 32.2. The van der Waals surface area contributed by atoms with E-state index in [4.69, 9.17) is 4.74 Å². The molecule has 0 radical (unpaired) electrons. The molecular formula is C16H17NO2S2. The maximum Gasteiger partial charge on any atom is 0.407 e. The lowest BCUT2D eigenvalue weighted by Gasteiger charge is -2.18. The van der Waals surface area contributed by atoms with Crippen LogP contribution in [0.3, 0.4) is 0 Å². The van der Waals surface area contributed by atoms with Crippen LogP contribution in [0.25, 0.3) is 0 Å². The number of benzene rings is 1. The molecule has 0 fully saturated rings. The summed E-state index contributed by atoms with van der Waals surface area (Å²) in [7, 11) is 0. The summed E-state index contributed by atoms with van der Waals surface area (Å²) < 4.78 is 4.97. The van der Waals surface area contributed by atoms with Crippen LogP contribution in [0.5, 0.6) is 0 Å². The zero-order valence-corrected chi connectivity index (χ0v) is 13.4. The molecule has 3 nitrogen and oxygen atoms in total. The summed E-state index contributed by atoms with van der Waals surface area (Å²) in [6, 6.07) is 10.6. The maximum atomic E-state index is 11.6. The molecule has 1 atom stereocenters. The van der Waals surface area contributed by atoms with E-state index in [9.17, 15) is 4.79 Å². The highest BCUT2D eigenvalue weighted by Crippen LogP contribution is 2.42. The Morgan fingerprint density at radius 3 is 3.10 bits per heavy atom. The van der Waals surface area contributed by atoms with E-state index >= 15 is 0 Å². The highest BCUT2D eigenvalue weighted by molar-refractivity contribution is 7.98. The number of carbonyl (C=O) groups is 1. The molecule has 0 spiro atoms. The van der Waals surface area contributed by atoms with Gasteiger partial charge in [-0.05, 0) is 35.6 Å². The number of fused-ring (bicyclic) bond motifs is 2. The van der Waals surface area contributed by atoms with Crippen molar-refractivity contribution in [1.82, 2.24) is 5.32 Å². The number of hydrogen-bond acceptors (Lipinski definition) is 4. The first-order valence-electron chi connectivity index (χ1n) is 6.98. The normalized spacial score (nSPS) is 16.5. The fourth-order valence-corrected chi connectivity index (χ4v) is 4.79. The van der Waals surface area contributed by atoms with E-state index in [0.717, 1.165) is 5.75 Å². The molecule has 0 bridgehead atoms. The van der Waals surface area contributed by atoms with Crippen molar-refractivity contribution >= 4 is 29.2 Å². The molecule has 3 rings (SSSR count). The summed E-state index contributed by atoms with van der Waals surface area (Å²) in [6.45, 7) is 2.78. The largest absolute Gasteiger partial charge is 0.450 e.